The van der Waals surface area contributed by atoms with Crippen molar-refractivity contribution in [3.05, 3.63) is 48.7 Å². The van der Waals surface area contributed by atoms with E-state index in [1.807, 2.05) is 42.5 Å². The number of nitrogens with zero attached hydrogens (tertiary/aromatic N) is 1. The smallest absolute Gasteiger partial charge is 0.225 e. The van der Waals surface area contributed by atoms with Crippen LogP contribution in [-0.2, 0) is 4.79 Å². The molecule has 1 aliphatic rings. The third-order valence-electron chi connectivity index (χ3n) is 3.63. The number of aromatic amines is 1. The van der Waals surface area contributed by atoms with Crippen LogP contribution in [0.25, 0.3) is 11.3 Å². The van der Waals surface area contributed by atoms with Crippen molar-refractivity contribution in [1.82, 2.24) is 10.2 Å². The summed E-state index contributed by atoms with van der Waals surface area (Å²) in [7, 11) is 0. The van der Waals surface area contributed by atoms with Gasteiger partial charge in [0.05, 0.1) is 17.6 Å². The second kappa shape index (κ2) is 5.93. The van der Waals surface area contributed by atoms with Crippen LogP contribution in [0.2, 0.25) is 0 Å². The minimum absolute atomic E-state index is 0.0164. The quantitative estimate of drug-likeness (QED) is 0.752. The lowest BCUT2D eigenvalue weighted by atomic mass is 10.0. The van der Waals surface area contributed by atoms with Crippen LogP contribution >= 0.6 is 0 Å². The lowest BCUT2D eigenvalue weighted by molar-refractivity contribution is -0.116. The Hall–Kier alpha value is -2.40. The molecule has 3 rings (SSSR count). The van der Waals surface area contributed by atoms with Crippen molar-refractivity contribution in [2.75, 3.05) is 5.32 Å². The molecule has 0 bridgehead atoms. The van der Waals surface area contributed by atoms with Crippen molar-refractivity contribution in [2.24, 2.45) is 11.7 Å². The first-order valence-electron chi connectivity index (χ1n) is 7.05. The minimum atomic E-state index is -0.0164. The number of carbonyl (C=O) groups is 1. The summed E-state index contributed by atoms with van der Waals surface area (Å²) in [6, 6.07) is 9.88. The molecule has 0 unspecified atom stereocenters. The van der Waals surface area contributed by atoms with E-state index in [-0.39, 0.29) is 17.9 Å². The van der Waals surface area contributed by atoms with Gasteiger partial charge in [-0.25, -0.2) is 0 Å². The Labute approximate surface area is 123 Å². The van der Waals surface area contributed by atoms with Crippen LogP contribution in [0.4, 0.5) is 5.69 Å². The second-order valence-corrected chi connectivity index (χ2v) is 5.32. The molecule has 1 aromatic heterocycles. The fraction of sp³-hybridized carbons (Fsp3) is 0.250. The number of anilines is 1. The number of hydrogen-bond donors (Lipinski definition) is 3. The highest BCUT2D eigenvalue weighted by atomic mass is 16.1. The Morgan fingerprint density at radius 1 is 1.33 bits per heavy atom. The van der Waals surface area contributed by atoms with Crippen LogP contribution in [0.1, 0.15) is 12.8 Å². The summed E-state index contributed by atoms with van der Waals surface area (Å²) in [4.78, 5) is 12.1. The van der Waals surface area contributed by atoms with Gasteiger partial charge in [-0.1, -0.05) is 42.5 Å². The van der Waals surface area contributed by atoms with E-state index in [0.717, 1.165) is 17.7 Å². The fourth-order valence-electron chi connectivity index (χ4n) is 2.60. The van der Waals surface area contributed by atoms with E-state index < -0.39 is 0 Å². The van der Waals surface area contributed by atoms with Crippen molar-refractivity contribution in [2.45, 2.75) is 18.9 Å². The summed E-state index contributed by atoms with van der Waals surface area (Å²) >= 11 is 0. The molecule has 2 atom stereocenters. The summed E-state index contributed by atoms with van der Waals surface area (Å²) in [6.07, 6.45) is 6.91. The molecule has 0 spiro atoms. The van der Waals surface area contributed by atoms with Crippen molar-refractivity contribution < 1.29 is 4.79 Å². The average molecular weight is 282 g/mol. The maximum atomic E-state index is 12.1. The first-order chi connectivity index (χ1) is 10.2. The van der Waals surface area contributed by atoms with Crippen LogP contribution in [0, 0.1) is 5.92 Å². The number of H-pyrrole nitrogens is 1. The van der Waals surface area contributed by atoms with Gasteiger partial charge < -0.3 is 11.1 Å². The summed E-state index contributed by atoms with van der Waals surface area (Å²) in [5, 5.41) is 9.87. The number of hydrogen-bond acceptors (Lipinski definition) is 3. The topological polar surface area (TPSA) is 83.8 Å². The van der Waals surface area contributed by atoms with Gasteiger partial charge in [0.2, 0.25) is 5.91 Å². The molecular weight excluding hydrogens is 264 g/mol. The molecule has 0 saturated carbocycles. The molecule has 2 aromatic rings. The fourth-order valence-corrected chi connectivity index (χ4v) is 2.60. The van der Waals surface area contributed by atoms with E-state index in [9.17, 15) is 4.79 Å². The van der Waals surface area contributed by atoms with E-state index in [1.165, 1.54) is 0 Å². The zero-order valence-electron chi connectivity index (χ0n) is 11.6. The Bertz CT molecular complexity index is 647. The van der Waals surface area contributed by atoms with Gasteiger partial charge in [-0.2, -0.15) is 5.10 Å². The molecule has 5 nitrogen and oxygen atoms in total. The van der Waals surface area contributed by atoms with Crippen LogP contribution < -0.4 is 11.1 Å². The number of aromatic nitrogens is 2. The van der Waals surface area contributed by atoms with Gasteiger partial charge in [0.1, 0.15) is 0 Å². The summed E-state index contributed by atoms with van der Waals surface area (Å²) < 4.78 is 0. The molecule has 0 saturated heterocycles. The summed E-state index contributed by atoms with van der Waals surface area (Å²) in [6.45, 7) is 0. The van der Waals surface area contributed by atoms with Crippen LogP contribution in [0.5, 0.6) is 0 Å². The number of nitrogens with two attached hydrogens (primary N) is 1. The van der Waals surface area contributed by atoms with Crippen LogP contribution in [0.15, 0.2) is 48.7 Å². The predicted octanol–water partition coefficient (Wildman–Crippen LogP) is 2.31. The normalized spacial score (nSPS) is 20.6. The maximum absolute atomic E-state index is 12.1. The van der Waals surface area contributed by atoms with Crippen molar-refractivity contribution in [3.8, 4) is 11.3 Å². The molecule has 1 aromatic carbocycles. The number of carbonyl (C=O) groups excluding carboxylic acids is 1. The largest absolute Gasteiger partial charge is 0.324 e. The Kier molecular flexibility index (Phi) is 3.83. The molecule has 4 N–H and O–H groups in total. The van der Waals surface area contributed by atoms with Gasteiger partial charge in [-0.3, -0.25) is 9.89 Å². The minimum Gasteiger partial charge on any atom is -0.324 e. The molecule has 0 aliphatic heterocycles. The predicted molar refractivity (Wildman–Crippen MR) is 82.5 cm³/mol. The Balaban J connectivity index is 1.67. The molecule has 5 heteroatoms. The van der Waals surface area contributed by atoms with Gasteiger partial charge in [0, 0.05) is 18.0 Å². The highest BCUT2D eigenvalue weighted by Crippen LogP contribution is 2.26. The number of rotatable bonds is 4. The van der Waals surface area contributed by atoms with E-state index in [1.54, 1.807) is 6.20 Å². The molecule has 21 heavy (non-hydrogen) atoms. The van der Waals surface area contributed by atoms with Crippen LogP contribution in [-0.4, -0.2) is 22.1 Å². The monoisotopic (exact) mass is 282 g/mol. The van der Waals surface area contributed by atoms with Gasteiger partial charge in [0.15, 0.2) is 0 Å². The molecule has 1 amide bonds. The van der Waals surface area contributed by atoms with Crippen molar-refractivity contribution in [1.29, 1.82) is 0 Å². The summed E-state index contributed by atoms with van der Waals surface area (Å²) in [5.74, 6) is 0.212. The van der Waals surface area contributed by atoms with E-state index in [2.05, 4.69) is 15.5 Å². The van der Waals surface area contributed by atoms with E-state index >= 15 is 0 Å². The highest BCUT2D eigenvalue weighted by molar-refractivity contribution is 5.94. The summed E-state index contributed by atoms with van der Waals surface area (Å²) in [5.41, 5.74) is 8.32. The third kappa shape index (κ3) is 3.20. The first kappa shape index (κ1) is 13.6. The SMILES string of the molecule is N[C@@H]1C=C[C@H](CC(=O)Nc2cn[nH]c2-c2ccccc2)C1. The molecule has 108 valence electrons. The zero-order chi connectivity index (χ0) is 14.7. The number of allylic oxidation sites excluding steroid dienone is 1. The molecule has 1 aliphatic carbocycles. The molecule has 0 fully saturated rings. The lowest BCUT2D eigenvalue weighted by Gasteiger charge is -2.10. The Morgan fingerprint density at radius 2 is 2.14 bits per heavy atom. The van der Waals surface area contributed by atoms with Crippen molar-refractivity contribution in [3.63, 3.8) is 0 Å². The van der Waals surface area contributed by atoms with Crippen molar-refractivity contribution >= 4 is 11.6 Å². The Morgan fingerprint density at radius 3 is 2.86 bits per heavy atom. The van der Waals surface area contributed by atoms with Gasteiger partial charge in [0.25, 0.3) is 0 Å². The molecule has 1 heterocycles. The standard InChI is InChI=1S/C16H18N4O/c17-13-7-6-11(8-13)9-15(21)19-14-10-18-20-16(14)12-4-2-1-3-5-12/h1-7,10-11,13H,8-9,17H2,(H,18,20)(H,19,21)/t11-,13+/m0/s1. The van der Waals surface area contributed by atoms with Gasteiger partial charge >= 0.3 is 0 Å². The van der Waals surface area contributed by atoms with Gasteiger partial charge in [-0.15, -0.1) is 0 Å². The average Bonchev–Trinajstić information content (AvgIpc) is 3.09. The zero-order valence-corrected chi connectivity index (χ0v) is 11.6. The first-order valence-corrected chi connectivity index (χ1v) is 7.05. The maximum Gasteiger partial charge on any atom is 0.225 e. The van der Waals surface area contributed by atoms with Gasteiger partial charge in [-0.05, 0) is 12.3 Å². The van der Waals surface area contributed by atoms with E-state index in [0.29, 0.717) is 12.1 Å². The number of benzene rings is 1. The third-order valence-corrected chi connectivity index (χ3v) is 3.63. The lowest BCUT2D eigenvalue weighted by Crippen LogP contribution is -2.19. The van der Waals surface area contributed by atoms with E-state index in [4.69, 9.17) is 5.73 Å². The molecule has 0 radical (unpaired) electrons. The van der Waals surface area contributed by atoms with Crippen LogP contribution in [0.3, 0.4) is 0 Å². The number of amides is 1. The second-order valence-electron chi connectivity index (χ2n) is 5.32. The molecular formula is C16H18N4O. The number of nitrogens with one attached hydrogen (secondary N) is 2. The highest BCUT2D eigenvalue weighted by Gasteiger charge is 2.19.